The third-order valence-corrected chi connectivity index (χ3v) is 3.59. The molecule has 1 heterocycles. The van der Waals surface area contributed by atoms with Crippen molar-refractivity contribution in [1.29, 1.82) is 0 Å². The maximum absolute atomic E-state index is 11.6. The summed E-state index contributed by atoms with van der Waals surface area (Å²) in [6.07, 6.45) is 4.69. The number of methoxy groups -OCH3 is 1. The normalized spacial score (nSPS) is 11.1. The van der Waals surface area contributed by atoms with Gasteiger partial charge in [-0.05, 0) is 18.6 Å². The SMILES string of the molecule is CCCCOC(=O)/C=C/c1cc(OC)cc2sc(=O)oc12. The zero-order valence-electron chi connectivity index (χ0n) is 11.9. The molecule has 0 aliphatic rings. The van der Waals surface area contributed by atoms with Crippen molar-refractivity contribution in [3.8, 4) is 5.75 Å². The molecule has 0 unspecified atom stereocenters. The number of hydrogen-bond acceptors (Lipinski definition) is 6. The van der Waals surface area contributed by atoms with E-state index in [0.29, 0.717) is 28.2 Å². The predicted octanol–water partition coefficient (Wildman–Crippen LogP) is 3.22. The molecule has 6 heteroatoms. The van der Waals surface area contributed by atoms with Crippen LogP contribution >= 0.6 is 11.3 Å². The van der Waals surface area contributed by atoms with Crippen LogP contribution in [0.5, 0.6) is 5.75 Å². The standard InChI is InChI=1S/C15H16O5S/c1-3-4-7-19-13(16)6-5-10-8-11(18-2)9-12-14(10)20-15(17)21-12/h5-6,8-9H,3-4,7H2,1-2H3/b6-5+. The van der Waals surface area contributed by atoms with Gasteiger partial charge in [-0.3, -0.25) is 0 Å². The fourth-order valence-electron chi connectivity index (χ4n) is 1.74. The summed E-state index contributed by atoms with van der Waals surface area (Å²) in [6, 6.07) is 3.43. The highest BCUT2D eigenvalue weighted by molar-refractivity contribution is 7.16. The highest BCUT2D eigenvalue weighted by atomic mass is 32.1. The molecule has 0 radical (unpaired) electrons. The zero-order valence-corrected chi connectivity index (χ0v) is 12.7. The van der Waals surface area contributed by atoms with Crippen LogP contribution in [0.1, 0.15) is 25.3 Å². The molecule has 0 amide bonds. The van der Waals surface area contributed by atoms with Crippen molar-refractivity contribution in [1.82, 2.24) is 0 Å². The first-order chi connectivity index (χ1) is 10.1. The molecule has 0 aliphatic heterocycles. The third-order valence-electron chi connectivity index (χ3n) is 2.81. The Labute approximate surface area is 125 Å². The van der Waals surface area contributed by atoms with Crippen LogP contribution in [0.2, 0.25) is 0 Å². The second-order valence-corrected chi connectivity index (χ2v) is 5.33. The maximum Gasteiger partial charge on any atom is 0.396 e. The van der Waals surface area contributed by atoms with Crippen LogP contribution in [-0.4, -0.2) is 19.7 Å². The van der Waals surface area contributed by atoms with Crippen LogP contribution < -0.4 is 9.68 Å². The lowest BCUT2D eigenvalue weighted by Gasteiger charge is -2.02. The molecule has 0 fully saturated rings. The van der Waals surface area contributed by atoms with Gasteiger partial charge in [-0.25, -0.2) is 9.59 Å². The van der Waals surface area contributed by atoms with Gasteiger partial charge in [0.2, 0.25) is 0 Å². The van der Waals surface area contributed by atoms with E-state index in [-0.39, 0.29) is 0 Å². The first-order valence-electron chi connectivity index (χ1n) is 6.60. The summed E-state index contributed by atoms with van der Waals surface area (Å²) >= 11 is 0.995. The number of fused-ring (bicyclic) bond motifs is 1. The Morgan fingerprint density at radius 3 is 2.95 bits per heavy atom. The summed E-state index contributed by atoms with van der Waals surface area (Å²) in [5, 5.41) is 0. The Balaban J connectivity index is 2.24. The van der Waals surface area contributed by atoms with Gasteiger partial charge in [-0.2, -0.15) is 0 Å². The molecule has 0 bridgehead atoms. The van der Waals surface area contributed by atoms with E-state index in [2.05, 4.69) is 0 Å². The minimum atomic E-state index is -0.419. The van der Waals surface area contributed by atoms with Gasteiger partial charge in [0.25, 0.3) is 0 Å². The molecule has 21 heavy (non-hydrogen) atoms. The lowest BCUT2D eigenvalue weighted by atomic mass is 10.2. The highest BCUT2D eigenvalue weighted by Gasteiger charge is 2.09. The number of ether oxygens (including phenoxy) is 2. The van der Waals surface area contributed by atoms with E-state index in [4.69, 9.17) is 13.9 Å². The minimum absolute atomic E-state index is 0.390. The highest BCUT2D eigenvalue weighted by Crippen LogP contribution is 2.28. The number of hydrogen-bond donors (Lipinski definition) is 0. The molecule has 0 atom stereocenters. The lowest BCUT2D eigenvalue weighted by Crippen LogP contribution is -2.01. The number of rotatable bonds is 6. The van der Waals surface area contributed by atoms with Crippen LogP contribution in [-0.2, 0) is 9.53 Å². The van der Waals surface area contributed by atoms with Gasteiger partial charge < -0.3 is 13.9 Å². The molecule has 5 nitrogen and oxygen atoms in total. The van der Waals surface area contributed by atoms with Gasteiger partial charge in [0.15, 0.2) is 5.58 Å². The van der Waals surface area contributed by atoms with Gasteiger partial charge in [0, 0.05) is 17.7 Å². The van der Waals surface area contributed by atoms with Crippen molar-refractivity contribution in [3.63, 3.8) is 0 Å². The Morgan fingerprint density at radius 1 is 1.43 bits per heavy atom. The Morgan fingerprint density at radius 2 is 2.24 bits per heavy atom. The average molecular weight is 308 g/mol. The quantitative estimate of drug-likeness (QED) is 0.466. The van der Waals surface area contributed by atoms with E-state index >= 15 is 0 Å². The monoisotopic (exact) mass is 308 g/mol. The number of esters is 1. The molecule has 1 aromatic carbocycles. The fraction of sp³-hybridized carbons (Fsp3) is 0.333. The largest absolute Gasteiger partial charge is 0.497 e. The lowest BCUT2D eigenvalue weighted by molar-refractivity contribution is -0.137. The van der Waals surface area contributed by atoms with Gasteiger partial charge in [0.1, 0.15) is 5.75 Å². The van der Waals surface area contributed by atoms with E-state index in [1.165, 1.54) is 13.2 Å². The van der Waals surface area contributed by atoms with Crippen molar-refractivity contribution >= 4 is 33.7 Å². The number of unbranched alkanes of at least 4 members (excludes halogenated alkanes) is 1. The summed E-state index contributed by atoms with van der Waals surface area (Å²) in [7, 11) is 1.54. The molecule has 2 rings (SSSR count). The molecule has 112 valence electrons. The van der Waals surface area contributed by atoms with E-state index in [9.17, 15) is 9.59 Å². The Kier molecular flexibility index (Phi) is 5.16. The number of carbonyl (C=O) groups excluding carboxylic acids is 1. The summed E-state index contributed by atoms with van der Waals surface area (Å²) < 4.78 is 16.0. The third kappa shape index (κ3) is 3.95. The van der Waals surface area contributed by atoms with Crippen LogP contribution in [0, 0.1) is 0 Å². The van der Waals surface area contributed by atoms with E-state index in [1.807, 2.05) is 6.92 Å². The Bertz CT molecular complexity index is 710. The summed E-state index contributed by atoms with van der Waals surface area (Å²) in [5.41, 5.74) is 1.05. The second kappa shape index (κ2) is 7.08. The van der Waals surface area contributed by atoms with Crippen LogP contribution in [0.25, 0.3) is 16.4 Å². The topological polar surface area (TPSA) is 65.7 Å². The van der Waals surface area contributed by atoms with Crippen LogP contribution in [0.3, 0.4) is 0 Å². The van der Waals surface area contributed by atoms with Gasteiger partial charge in [0.05, 0.1) is 18.4 Å². The van der Waals surface area contributed by atoms with Crippen LogP contribution in [0.15, 0.2) is 27.4 Å². The number of carbonyl (C=O) groups is 1. The van der Waals surface area contributed by atoms with Crippen molar-refractivity contribution in [2.75, 3.05) is 13.7 Å². The van der Waals surface area contributed by atoms with Crippen molar-refractivity contribution in [2.24, 2.45) is 0 Å². The molecule has 0 saturated carbocycles. The summed E-state index contributed by atoms with van der Waals surface area (Å²) in [6.45, 7) is 2.43. The van der Waals surface area contributed by atoms with Crippen molar-refractivity contribution in [2.45, 2.75) is 19.8 Å². The van der Waals surface area contributed by atoms with Gasteiger partial charge in [-0.1, -0.05) is 24.7 Å². The van der Waals surface area contributed by atoms with Gasteiger partial charge >= 0.3 is 10.9 Å². The molecule has 0 spiro atoms. The van der Waals surface area contributed by atoms with Crippen LogP contribution in [0.4, 0.5) is 0 Å². The summed E-state index contributed by atoms with van der Waals surface area (Å²) in [4.78, 5) is 22.5. The second-order valence-electron chi connectivity index (χ2n) is 4.35. The van der Waals surface area contributed by atoms with Gasteiger partial charge in [-0.15, -0.1) is 0 Å². The molecule has 0 N–H and O–H groups in total. The van der Waals surface area contributed by atoms with E-state index in [1.54, 1.807) is 18.2 Å². The van der Waals surface area contributed by atoms with E-state index < -0.39 is 10.9 Å². The van der Waals surface area contributed by atoms with Crippen molar-refractivity contribution < 1.29 is 18.7 Å². The zero-order chi connectivity index (χ0) is 15.2. The smallest absolute Gasteiger partial charge is 0.396 e. The molecular weight excluding hydrogens is 292 g/mol. The first-order valence-corrected chi connectivity index (χ1v) is 7.42. The Hall–Kier alpha value is -2.08. The fourth-order valence-corrected chi connectivity index (χ4v) is 2.47. The molecule has 0 saturated heterocycles. The summed E-state index contributed by atoms with van der Waals surface area (Å²) in [5.74, 6) is 0.176. The predicted molar refractivity (Wildman–Crippen MR) is 81.8 cm³/mol. The molecule has 0 aliphatic carbocycles. The molecule has 1 aromatic heterocycles. The molecular formula is C15H16O5S. The molecule has 2 aromatic rings. The number of benzene rings is 1. The van der Waals surface area contributed by atoms with E-state index in [0.717, 1.165) is 24.2 Å². The minimum Gasteiger partial charge on any atom is -0.497 e. The maximum atomic E-state index is 11.6. The van der Waals surface area contributed by atoms with Crippen molar-refractivity contribution in [3.05, 3.63) is 33.5 Å². The average Bonchev–Trinajstić information content (AvgIpc) is 2.85. The first kappa shape index (κ1) is 15.3.